The number of carbonyl (C=O) groups excluding carboxylic acids is 1. The SMILES string of the molecule is O=C(CCCC/C=C(\CNCCN1CCOCC1)COc1cccc2ccccc12)NOC1CCCO1. The molecule has 37 heavy (non-hydrogen) atoms. The molecular formula is C29H41N3O5. The summed E-state index contributed by atoms with van der Waals surface area (Å²) in [5.74, 6) is 0.809. The highest BCUT2D eigenvalue weighted by Gasteiger charge is 2.17. The van der Waals surface area contributed by atoms with Crippen molar-refractivity contribution in [2.24, 2.45) is 0 Å². The summed E-state index contributed by atoms with van der Waals surface area (Å²) in [6, 6.07) is 14.5. The standard InChI is InChI=1S/C29H41N3O5/c33-28(31-37-29-14-7-19-35-29)13-3-1-2-8-24(22-30-15-16-32-17-20-34-21-18-32)23-36-27-12-6-10-25-9-4-5-11-26(25)27/h4-6,8-12,29-30H,1-3,7,13-23H2,(H,31,33)/b24-8+. The second-order valence-electron chi connectivity index (χ2n) is 9.59. The number of amides is 1. The van der Waals surface area contributed by atoms with Gasteiger partial charge >= 0.3 is 0 Å². The van der Waals surface area contributed by atoms with E-state index >= 15 is 0 Å². The van der Waals surface area contributed by atoms with Crippen LogP contribution < -0.4 is 15.5 Å². The number of carbonyl (C=O) groups is 1. The maximum atomic E-state index is 12.0. The van der Waals surface area contributed by atoms with Crippen LogP contribution in [0.3, 0.4) is 0 Å². The molecule has 2 aliphatic heterocycles. The largest absolute Gasteiger partial charge is 0.489 e. The van der Waals surface area contributed by atoms with Crippen molar-refractivity contribution in [2.75, 3.05) is 59.2 Å². The molecule has 8 nitrogen and oxygen atoms in total. The van der Waals surface area contributed by atoms with Gasteiger partial charge in [0, 0.05) is 51.0 Å². The third-order valence-electron chi connectivity index (χ3n) is 6.71. The van der Waals surface area contributed by atoms with Gasteiger partial charge in [-0.2, -0.15) is 0 Å². The van der Waals surface area contributed by atoms with E-state index in [2.05, 4.69) is 40.0 Å². The summed E-state index contributed by atoms with van der Waals surface area (Å²) < 4.78 is 17.1. The van der Waals surface area contributed by atoms with Crippen LogP contribution in [0.1, 0.15) is 38.5 Å². The van der Waals surface area contributed by atoms with Gasteiger partial charge in [-0.05, 0) is 42.7 Å². The quantitative estimate of drug-likeness (QED) is 0.214. The Bertz CT molecular complexity index is 981. The summed E-state index contributed by atoms with van der Waals surface area (Å²) in [5, 5.41) is 5.89. The number of allylic oxidation sites excluding steroid dienone is 1. The van der Waals surface area contributed by atoms with Crippen LogP contribution in [-0.2, 0) is 19.1 Å². The van der Waals surface area contributed by atoms with Gasteiger partial charge in [-0.15, -0.1) is 0 Å². The highest BCUT2D eigenvalue weighted by Crippen LogP contribution is 2.25. The number of fused-ring (bicyclic) bond motifs is 1. The summed E-state index contributed by atoms with van der Waals surface area (Å²) >= 11 is 0. The van der Waals surface area contributed by atoms with Gasteiger partial charge in [-0.3, -0.25) is 9.69 Å². The highest BCUT2D eigenvalue weighted by molar-refractivity contribution is 5.88. The van der Waals surface area contributed by atoms with Crippen LogP contribution in [-0.4, -0.2) is 76.2 Å². The highest BCUT2D eigenvalue weighted by atomic mass is 16.8. The maximum Gasteiger partial charge on any atom is 0.243 e. The van der Waals surface area contributed by atoms with Crippen molar-refractivity contribution in [1.82, 2.24) is 15.7 Å². The fraction of sp³-hybridized carbons (Fsp3) is 0.552. The Morgan fingerprint density at radius 1 is 1.08 bits per heavy atom. The van der Waals surface area contributed by atoms with E-state index in [4.69, 9.17) is 19.0 Å². The minimum Gasteiger partial charge on any atom is -0.489 e. The van der Waals surface area contributed by atoms with Gasteiger partial charge < -0.3 is 19.5 Å². The molecule has 4 rings (SSSR count). The first-order valence-corrected chi connectivity index (χ1v) is 13.6. The van der Waals surface area contributed by atoms with E-state index in [1.807, 2.05) is 24.3 Å². The fourth-order valence-corrected chi connectivity index (χ4v) is 4.54. The van der Waals surface area contributed by atoms with Gasteiger partial charge in [0.1, 0.15) is 12.4 Å². The molecule has 2 aromatic carbocycles. The summed E-state index contributed by atoms with van der Waals surface area (Å²) in [6.07, 6.45) is 6.84. The van der Waals surface area contributed by atoms with E-state index < -0.39 is 0 Å². The molecule has 0 saturated carbocycles. The first-order valence-electron chi connectivity index (χ1n) is 13.6. The Kier molecular flexibility index (Phi) is 11.7. The Morgan fingerprint density at radius 2 is 1.95 bits per heavy atom. The lowest BCUT2D eigenvalue weighted by Crippen LogP contribution is -2.40. The van der Waals surface area contributed by atoms with Crippen molar-refractivity contribution < 1.29 is 23.8 Å². The van der Waals surface area contributed by atoms with Crippen molar-refractivity contribution in [3.05, 3.63) is 54.1 Å². The maximum absolute atomic E-state index is 12.0. The number of hydrogen-bond donors (Lipinski definition) is 2. The zero-order valence-electron chi connectivity index (χ0n) is 21.8. The molecule has 0 radical (unpaired) electrons. The van der Waals surface area contributed by atoms with E-state index in [9.17, 15) is 4.79 Å². The normalized spacial score (nSPS) is 18.8. The van der Waals surface area contributed by atoms with Crippen molar-refractivity contribution >= 4 is 16.7 Å². The van der Waals surface area contributed by atoms with Gasteiger partial charge in [-0.1, -0.05) is 42.5 Å². The lowest BCUT2D eigenvalue weighted by Gasteiger charge is -2.26. The topological polar surface area (TPSA) is 81.3 Å². The number of ether oxygens (including phenoxy) is 3. The Balaban J connectivity index is 1.22. The van der Waals surface area contributed by atoms with E-state index in [-0.39, 0.29) is 12.2 Å². The number of morpholine rings is 1. The molecule has 1 unspecified atom stereocenters. The summed E-state index contributed by atoms with van der Waals surface area (Å²) in [6.45, 7) is 7.60. The van der Waals surface area contributed by atoms with Gasteiger partial charge in [0.2, 0.25) is 5.91 Å². The van der Waals surface area contributed by atoms with Crippen LogP contribution in [0, 0.1) is 0 Å². The van der Waals surface area contributed by atoms with E-state index in [1.54, 1.807) is 0 Å². The average Bonchev–Trinajstić information content (AvgIpc) is 3.46. The number of nitrogens with zero attached hydrogens (tertiary/aromatic N) is 1. The molecule has 2 N–H and O–H groups in total. The van der Waals surface area contributed by atoms with Crippen LogP contribution in [0.4, 0.5) is 0 Å². The van der Waals surface area contributed by atoms with E-state index in [0.717, 1.165) is 89.2 Å². The van der Waals surface area contributed by atoms with Crippen LogP contribution in [0.2, 0.25) is 0 Å². The molecule has 0 aliphatic carbocycles. The molecule has 1 atom stereocenters. The van der Waals surface area contributed by atoms with Crippen LogP contribution in [0.5, 0.6) is 5.75 Å². The molecule has 202 valence electrons. The summed E-state index contributed by atoms with van der Waals surface area (Å²) in [5.41, 5.74) is 3.74. The fourth-order valence-electron chi connectivity index (χ4n) is 4.54. The van der Waals surface area contributed by atoms with Gasteiger partial charge in [-0.25, -0.2) is 10.3 Å². The second kappa shape index (κ2) is 15.7. The molecule has 2 aliphatic rings. The average molecular weight is 512 g/mol. The van der Waals surface area contributed by atoms with Crippen LogP contribution >= 0.6 is 0 Å². The summed E-state index contributed by atoms with van der Waals surface area (Å²) in [4.78, 5) is 19.7. The molecule has 1 amide bonds. The molecule has 0 spiro atoms. The van der Waals surface area contributed by atoms with Crippen LogP contribution in [0.15, 0.2) is 54.1 Å². The number of benzene rings is 2. The minimum atomic E-state index is -0.299. The molecule has 0 aromatic heterocycles. The molecule has 8 heteroatoms. The van der Waals surface area contributed by atoms with Crippen LogP contribution in [0.25, 0.3) is 10.8 Å². The molecule has 2 fully saturated rings. The Hall–Kier alpha value is -2.49. The minimum absolute atomic E-state index is 0.0937. The molecule has 2 heterocycles. The molecule has 2 saturated heterocycles. The van der Waals surface area contributed by atoms with Crippen molar-refractivity contribution in [3.8, 4) is 5.75 Å². The number of hydroxylamine groups is 1. The van der Waals surface area contributed by atoms with E-state index in [0.29, 0.717) is 19.6 Å². The lowest BCUT2D eigenvalue weighted by atomic mass is 10.1. The van der Waals surface area contributed by atoms with Crippen molar-refractivity contribution in [2.45, 2.75) is 44.8 Å². The summed E-state index contributed by atoms with van der Waals surface area (Å²) in [7, 11) is 0. The predicted molar refractivity (Wildman–Crippen MR) is 144 cm³/mol. The molecule has 2 aromatic rings. The first kappa shape index (κ1) is 27.5. The van der Waals surface area contributed by atoms with Crippen molar-refractivity contribution in [3.63, 3.8) is 0 Å². The van der Waals surface area contributed by atoms with E-state index in [1.165, 1.54) is 11.0 Å². The molecular weight excluding hydrogens is 470 g/mol. The van der Waals surface area contributed by atoms with Gasteiger partial charge in [0.25, 0.3) is 0 Å². The number of unbranched alkanes of at least 4 members (excludes halogenated alkanes) is 2. The van der Waals surface area contributed by atoms with Gasteiger partial charge in [0.15, 0.2) is 6.29 Å². The second-order valence-corrected chi connectivity index (χ2v) is 9.59. The zero-order valence-corrected chi connectivity index (χ0v) is 21.8. The lowest BCUT2D eigenvalue weighted by molar-refractivity contribution is -0.171. The van der Waals surface area contributed by atoms with Gasteiger partial charge in [0.05, 0.1) is 19.8 Å². The molecule has 0 bridgehead atoms. The monoisotopic (exact) mass is 511 g/mol. The first-order chi connectivity index (χ1) is 18.3. The Labute approximate surface area is 220 Å². The number of rotatable bonds is 15. The van der Waals surface area contributed by atoms with Crippen molar-refractivity contribution in [1.29, 1.82) is 0 Å². The predicted octanol–water partition coefficient (Wildman–Crippen LogP) is 3.81. The number of hydrogen-bond acceptors (Lipinski definition) is 7. The Morgan fingerprint density at radius 3 is 2.81 bits per heavy atom. The zero-order chi connectivity index (χ0) is 25.5. The number of nitrogens with one attached hydrogen (secondary N) is 2. The third kappa shape index (κ3) is 9.72. The smallest absolute Gasteiger partial charge is 0.243 e. The third-order valence-corrected chi connectivity index (χ3v) is 6.71.